The van der Waals surface area contributed by atoms with Crippen LogP contribution >= 0.6 is 11.6 Å². The van der Waals surface area contributed by atoms with Gasteiger partial charge in [0.05, 0.1) is 10.3 Å². The first-order valence-electron chi connectivity index (χ1n) is 8.65. The van der Waals surface area contributed by atoms with Crippen LogP contribution in [0.15, 0.2) is 29.2 Å². The van der Waals surface area contributed by atoms with E-state index in [2.05, 4.69) is 0 Å². The van der Waals surface area contributed by atoms with Gasteiger partial charge in [-0.3, -0.25) is 9.59 Å². The Balaban J connectivity index is 1.97. The SMILES string of the molecule is C[C@@]1(C(=O)O)CCN(C(=O)C2(S(=O)(=O)c3ccc(Cl)cc3)CCCC2)C1. The Kier molecular flexibility index (Phi) is 4.82. The third-order valence-corrected chi connectivity index (χ3v) is 8.47. The Hall–Kier alpha value is -1.60. The third-order valence-electron chi connectivity index (χ3n) is 5.72. The summed E-state index contributed by atoms with van der Waals surface area (Å²) in [7, 11) is -3.91. The summed E-state index contributed by atoms with van der Waals surface area (Å²) in [5.74, 6) is -1.43. The first-order chi connectivity index (χ1) is 12.1. The monoisotopic (exact) mass is 399 g/mol. The van der Waals surface area contributed by atoms with Gasteiger partial charge >= 0.3 is 5.97 Å². The number of nitrogens with zero attached hydrogens (tertiary/aromatic N) is 1. The van der Waals surface area contributed by atoms with Gasteiger partial charge < -0.3 is 10.0 Å². The Morgan fingerprint density at radius 1 is 1.12 bits per heavy atom. The van der Waals surface area contributed by atoms with E-state index >= 15 is 0 Å². The molecule has 6 nitrogen and oxygen atoms in total. The summed E-state index contributed by atoms with van der Waals surface area (Å²) < 4.78 is 25.2. The van der Waals surface area contributed by atoms with Crippen molar-refractivity contribution in [2.24, 2.45) is 5.41 Å². The van der Waals surface area contributed by atoms with Gasteiger partial charge in [0.2, 0.25) is 5.91 Å². The molecule has 1 aliphatic carbocycles. The van der Waals surface area contributed by atoms with Crippen molar-refractivity contribution in [3.8, 4) is 0 Å². The van der Waals surface area contributed by atoms with E-state index < -0.39 is 31.9 Å². The predicted octanol–water partition coefficient (Wildman–Crippen LogP) is 2.75. The normalized spacial score (nSPS) is 25.4. The number of benzene rings is 1. The number of carboxylic acid groups (broad SMARTS) is 1. The van der Waals surface area contributed by atoms with Gasteiger partial charge in [0.1, 0.15) is 0 Å². The molecule has 1 saturated carbocycles. The Morgan fingerprint density at radius 2 is 1.69 bits per heavy atom. The molecule has 2 fully saturated rings. The minimum absolute atomic E-state index is 0.0407. The van der Waals surface area contributed by atoms with Crippen LogP contribution < -0.4 is 0 Å². The van der Waals surface area contributed by atoms with Crippen LogP contribution in [-0.2, 0) is 19.4 Å². The minimum atomic E-state index is -3.91. The molecule has 1 aromatic carbocycles. The van der Waals surface area contributed by atoms with Gasteiger partial charge in [-0.1, -0.05) is 24.4 Å². The molecular weight excluding hydrogens is 378 g/mol. The highest BCUT2D eigenvalue weighted by Crippen LogP contribution is 2.44. The van der Waals surface area contributed by atoms with E-state index in [-0.39, 0.29) is 30.8 Å². The lowest BCUT2D eigenvalue weighted by molar-refractivity contribution is -0.147. The molecule has 0 radical (unpaired) electrons. The summed E-state index contributed by atoms with van der Waals surface area (Å²) in [6.07, 6.45) is 2.16. The van der Waals surface area contributed by atoms with Gasteiger partial charge in [-0.15, -0.1) is 0 Å². The van der Waals surface area contributed by atoms with E-state index in [0.717, 1.165) is 0 Å². The molecule has 8 heteroatoms. The summed E-state index contributed by atoms with van der Waals surface area (Å²) in [5, 5.41) is 9.82. The van der Waals surface area contributed by atoms with Crippen molar-refractivity contribution in [3.63, 3.8) is 0 Å². The van der Waals surface area contributed by atoms with Crippen molar-refractivity contribution < 1.29 is 23.1 Å². The number of amides is 1. The maximum Gasteiger partial charge on any atom is 0.311 e. The third kappa shape index (κ3) is 2.91. The zero-order valence-corrected chi connectivity index (χ0v) is 16.1. The Labute approximate surface area is 158 Å². The molecule has 1 amide bonds. The van der Waals surface area contributed by atoms with E-state index in [1.165, 1.54) is 29.2 Å². The standard InChI is InChI=1S/C18H22ClNO5S/c1-17(16(22)23)10-11-20(12-17)15(21)18(8-2-3-9-18)26(24,25)14-6-4-13(19)5-7-14/h4-7H,2-3,8-12H2,1H3,(H,22,23)/t17-/m1/s1. The van der Waals surface area contributed by atoms with Crippen molar-refractivity contribution in [1.82, 2.24) is 4.90 Å². The zero-order valence-electron chi connectivity index (χ0n) is 14.6. The number of rotatable bonds is 4. The second-order valence-corrected chi connectivity index (χ2v) is 10.2. The zero-order chi connectivity index (χ0) is 19.2. The molecule has 1 N–H and O–H groups in total. The van der Waals surface area contributed by atoms with Crippen LogP contribution in [0.5, 0.6) is 0 Å². The average molecular weight is 400 g/mol. The number of likely N-dealkylation sites (tertiary alicyclic amines) is 1. The lowest BCUT2D eigenvalue weighted by atomic mass is 9.90. The molecule has 0 aromatic heterocycles. The highest BCUT2D eigenvalue weighted by molar-refractivity contribution is 7.93. The van der Waals surface area contributed by atoms with Crippen LogP contribution in [0.2, 0.25) is 5.02 Å². The van der Waals surface area contributed by atoms with Crippen LogP contribution in [0, 0.1) is 5.41 Å². The number of halogens is 1. The molecule has 1 atom stereocenters. The number of aliphatic carboxylic acids is 1. The van der Waals surface area contributed by atoms with Crippen molar-refractivity contribution in [3.05, 3.63) is 29.3 Å². The molecule has 2 aliphatic rings. The fraction of sp³-hybridized carbons (Fsp3) is 0.556. The van der Waals surface area contributed by atoms with E-state index in [1.807, 2.05) is 0 Å². The minimum Gasteiger partial charge on any atom is -0.481 e. The maximum absolute atomic E-state index is 13.4. The summed E-state index contributed by atoms with van der Waals surface area (Å²) in [6.45, 7) is 1.90. The highest BCUT2D eigenvalue weighted by Gasteiger charge is 2.56. The smallest absolute Gasteiger partial charge is 0.311 e. The van der Waals surface area contributed by atoms with Gasteiger partial charge in [0.15, 0.2) is 14.6 Å². The second kappa shape index (κ2) is 6.53. The lowest BCUT2D eigenvalue weighted by Gasteiger charge is -2.32. The topological polar surface area (TPSA) is 91.8 Å². The molecule has 26 heavy (non-hydrogen) atoms. The molecule has 0 spiro atoms. The molecular formula is C18H22ClNO5S. The molecule has 3 rings (SSSR count). The molecule has 1 saturated heterocycles. The molecule has 142 valence electrons. The maximum atomic E-state index is 13.4. The Morgan fingerprint density at radius 3 is 2.19 bits per heavy atom. The van der Waals surface area contributed by atoms with E-state index in [4.69, 9.17) is 11.6 Å². The first-order valence-corrected chi connectivity index (χ1v) is 10.5. The quantitative estimate of drug-likeness (QED) is 0.840. The summed E-state index contributed by atoms with van der Waals surface area (Å²) in [6, 6.07) is 5.85. The van der Waals surface area contributed by atoms with Gasteiger partial charge in [-0.25, -0.2) is 8.42 Å². The number of hydrogen-bond donors (Lipinski definition) is 1. The number of sulfone groups is 1. The van der Waals surface area contributed by atoms with Gasteiger partial charge in [-0.2, -0.15) is 0 Å². The predicted molar refractivity (Wildman–Crippen MR) is 96.8 cm³/mol. The van der Waals surface area contributed by atoms with Gasteiger partial charge in [0, 0.05) is 18.1 Å². The van der Waals surface area contributed by atoms with Crippen LogP contribution in [0.4, 0.5) is 0 Å². The fourth-order valence-electron chi connectivity index (χ4n) is 3.98. The molecule has 1 aromatic rings. The lowest BCUT2D eigenvalue weighted by Crippen LogP contribution is -2.52. The van der Waals surface area contributed by atoms with E-state index in [1.54, 1.807) is 6.92 Å². The van der Waals surface area contributed by atoms with E-state index in [0.29, 0.717) is 24.3 Å². The average Bonchev–Trinajstić information content (AvgIpc) is 3.23. The Bertz CT molecular complexity index is 830. The van der Waals surface area contributed by atoms with Crippen molar-refractivity contribution in [2.45, 2.75) is 48.7 Å². The molecule has 1 heterocycles. The largest absolute Gasteiger partial charge is 0.481 e. The first kappa shape index (κ1) is 19.2. The molecule has 0 bridgehead atoms. The molecule has 0 unspecified atom stereocenters. The van der Waals surface area contributed by atoms with Crippen LogP contribution in [0.1, 0.15) is 39.0 Å². The number of carboxylic acids is 1. The summed E-state index contributed by atoms with van der Waals surface area (Å²) in [5.41, 5.74) is -1.03. The fourth-order valence-corrected chi connectivity index (χ4v) is 6.24. The van der Waals surface area contributed by atoms with Crippen LogP contribution in [0.3, 0.4) is 0 Å². The van der Waals surface area contributed by atoms with Crippen LogP contribution in [-0.4, -0.2) is 48.1 Å². The van der Waals surface area contributed by atoms with Crippen molar-refractivity contribution in [1.29, 1.82) is 0 Å². The van der Waals surface area contributed by atoms with E-state index in [9.17, 15) is 23.1 Å². The van der Waals surface area contributed by atoms with Gasteiger partial charge in [-0.05, 0) is 50.5 Å². The number of carbonyl (C=O) groups excluding carboxylic acids is 1. The van der Waals surface area contributed by atoms with Crippen molar-refractivity contribution >= 4 is 33.3 Å². The van der Waals surface area contributed by atoms with Gasteiger partial charge in [0.25, 0.3) is 0 Å². The summed E-state index contributed by atoms with van der Waals surface area (Å²) >= 11 is 5.86. The number of hydrogen-bond acceptors (Lipinski definition) is 4. The highest BCUT2D eigenvalue weighted by atomic mass is 35.5. The van der Waals surface area contributed by atoms with Crippen molar-refractivity contribution in [2.75, 3.05) is 13.1 Å². The second-order valence-electron chi connectivity index (χ2n) is 7.50. The number of carbonyl (C=O) groups is 2. The van der Waals surface area contributed by atoms with Crippen LogP contribution in [0.25, 0.3) is 0 Å². The molecule has 1 aliphatic heterocycles. The summed E-state index contributed by atoms with van der Waals surface area (Å²) in [4.78, 5) is 26.3.